The number of hydrogen-bond acceptors (Lipinski definition) is 2. The van der Waals surface area contributed by atoms with Gasteiger partial charge in [0.15, 0.2) is 0 Å². The number of H-pyrrole nitrogens is 1. The summed E-state index contributed by atoms with van der Waals surface area (Å²) < 4.78 is 0. The first-order valence-electron chi connectivity index (χ1n) is 4.73. The standard InChI is InChI=1S/C12H11N3/c1-8-3-4-11(10(5-8)6-13)12-14-7-9(2)15-12/h3-5,7H,1-2H3,(H,14,15). The number of benzene rings is 1. The third-order valence-electron chi connectivity index (χ3n) is 2.25. The Morgan fingerprint density at radius 2 is 2.13 bits per heavy atom. The van der Waals surface area contributed by atoms with Crippen LogP contribution in [0, 0.1) is 25.2 Å². The second-order valence-electron chi connectivity index (χ2n) is 3.58. The van der Waals surface area contributed by atoms with Crippen molar-refractivity contribution in [2.45, 2.75) is 13.8 Å². The molecule has 1 heterocycles. The summed E-state index contributed by atoms with van der Waals surface area (Å²) in [6.45, 7) is 3.91. The lowest BCUT2D eigenvalue weighted by Crippen LogP contribution is -1.87. The average Bonchev–Trinajstić information content (AvgIpc) is 2.64. The molecule has 0 saturated heterocycles. The fourth-order valence-corrected chi connectivity index (χ4v) is 1.51. The van der Waals surface area contributed by atoms with Crippen LogP contribution in [0.4, 0.5) is 0 Å². The second-order valence-corrected chi connectivity index (χ2v) is 3.58. The summed E-state index contributed by atoms with van der Waals surface area (Å²) >= 11 is 0. The number of rotatable bonds is 1. The Labute approximate surface area is 88.4 Å². The quantitative estimate of drug-likeness (QED) is 0.763. The van der Waals surface area contributed by atoms with Gasteiger partial charge >= 0.3 is 0 Å². The van der Waals surface area contributed by atoms with Crippen LogP contribution in [-0.4, -0.2) is 9.97 Å². The van der Waals surface area contributed by atoms with E-state index in [4.69, 9.17) is 5.26 Å². The molecule has 3 heteroatoms. The maximum absolute atomic E-state index is 9.02. The van der Waals surface area contributed by atoms with Crippen molar-refractivity contribution in [3.05, 3.63) is 41.2 Å². The van der Waals surface area contributed by atoms with E-state index in [2.05, 4.69) is 16.0 Å². The maximum Gasteiger partial charge on any atom is 0.138 e. The van der Waals surface area contributed by atoms with Gasteiger partial charge in [0.25, 0.3) is 0 Å². The van der Waals surface area contributed by atoms with Gasteiger partial charge < -0.3 is 4.98 Å². The Kier molecular flexibility index (Phi) is 2.26. The minimum atomic E-state index is 0.657. The van der Waals surface area contributed by atoms with Crippen molar-refractivity contribution in [2.75, 3.05) is 0 Å². The predicted molar refractivity (Wildman–Crippen MR) is 58.2 cm³/mol. The minimum absolute atomic E-state index is 0.657. The Hall–Kier alpha value is -2.08. The van der Waals surface area contributed by atoms with Crippen molar-refractivity contribution in [3.8, 4) is 17.5 Å². The summed E-state index contributed by atoms with van der Waals surface area (Å²) in [5.74, 6) is 0.754. The lowest BCUT2D eigenvalue weighted by molar-refractivity contribution is 1.25. The van der Waals surface area contributed by atoms with E-state index in [1.807, 2.05) is 32.0 Å². The molecule has 15 heavy (non-hydrogen) atoms. The zero-order valence-electron chi connectivity index (χ0n) is 8.70. The highest BCUT2D eigenvalue weighted by molar-refractivity contribution is 5.65. The van der Waals surface area contributed by atoms with Gasteiger partial charge in [-0.15, -0.1) is 0 Å². The lowest BCUT2D eigenvalue weighted by Gasteiger charge is -2.01. The van der Waals surface area contributed by atoms with Crippen molar-refractivity contribution >= 4 is 0 Å². The fourth-order valence-electron chi connectivity index (χ4n) is 1.51. The molecular formula is C12H11N3. The Balaban J connectivity index is 2.58. The molecule has 0 fully saturated rings. The van der Waals surface area contributed by atoms with E-state index in [-0.39, 0.29) is 0 Å². The maximum atomic E-state index is 9.02. The van der Waals surface area contributed by atoms with Gasteiger partial charge in [0.1, 0.15) is 5.82 Å². The molecular weight excluding hydrogens is 186 g/mol. The summed E-state index contributed by atoms with van der Waals surface area (Å²) in [6, 6.07) is 7.96. The lowest BCUT2D eigenvalue weighted by atomic mass is 10.1. The highest BCUT2D eigenvalue weighted by Crippen LogP contribution is 2.21. The molecule has 0 saturated carbocycles. The number of aromatic amines is 1. The van der Waals surface area contributed by atoms with Gasteiger partial charge in [0.05, 0.1) is 11.6 Å². The topological polar surface area (TPSA) is 52.5 Å². The molecule has 0 atom stereocenters. The van der Waals surface area contributed by atoms with E-state index < -0.39 is 0 Å². The van der Waals surface area contributed by atoms with Crippen molar-refractivity contribution in [3.63, 3.8) is 0 Å². The number of nitrogens with zero attached hydrogens (tertiary/aromatic N) is 2. The van der Waals surface area contributed by atoms with Crippen LogP contribution in [0.1, 0.15) is 16.8 Å². The average molecular weight is 197 g/mol. The van der Waals surface area contributed by atoms with Gasteiger partial charge in [-0.05, 0) is 31.5 Å². The molecule has 0 aliphatic rings. The van der Waals surface area contributed by atoms with Crippen molar-refractivity contribution in [1.82, 2.24) is 9.97 Å². The highest BCUT2D eigenvalue weighted by atomic mass is 14.9. The predicted octanol–water partition coefficient (Wildman–Crippen LogP) is 2.57. The molecule has 1 aromatic carbocycles. The summed E-state index contributed by atoms with van der Waals surface area (Å²) in [4.78, 5) is 7.34. The van der Waals surface area contributed by atoms with Crippen molar-refractivity contribution in [2.24, 2.45) is 0 Å². The molecule has 0 aliphatic heterocycles. The number of imidazole rings is 1. The van der Waals surface area contributed by atoms with Gasteiger partial charge in [-0.2, -0.15) is 5.26 Å². The molecule has 0 unspecified atom stereocenters. The van der Waals surface area contributed by atoms with Gasteiger partial charge in [-0.25, -0.2) is 4.98 Å². The van der Waals surface area contributed by atoms with Gasteiger partial charge in [-0.3, -0.25) is 0 Å². The van der Waals surface area contributed by atoms with Crippen LogP contribution in [0.2, 0.25) is 0 Å². The van der Waals surface area contributed by atoms with Crippen molar-refractivity contribution in [1.29, 1.82) is 5.26 Å². The molecule has 0 spiro atoms. The van der Waals surface area contributed by atoms with E-state index in [1.165, 1.54) is 0 Å². The monoisotopic (exact) mass is 197 g/mol. The molecule has 3 nitrogen and oxygen atoms in total. The zero-order valence-corrected chi connectivity index (χ0v) is 8.70. The van der Waals surface area contributed by atoms with Crippen LogP contribution < -0.4 is 0 Å². The van der Waals surface area contributed by atoms with Gasteiger partial charge in [0, 0.05) is 17.5 Å². The van der Waals surface area contributed by atoms with E-state index in [0.29, 0.717) is 5.56 Å². The largest absolute Gasteiger partial charge is 0.342 e. The number of aryl methyl sites for hydroxylation is 2. The van der Waals surface area contributed by atoms with E-state index in [9.17, 15) is 0 Å². The fraction of sp³-hybridized carbons (Fsp3) is 0.167. The Bertz CT molecular complexity index is 532. The summed E-state index contributed by atoms with van der Waals surface area (Å²) in [6.07, 6.45) is 1.76. The van der Waals surface area contributed by atoms with Gasteiger partial charge in [-0.1, -0.05) is 6.07 Å². The van der Waals surface area contributed by atoms with Crippen LogP contribution in [-0.2, 0) is 0 Å². The number of nitriles is 1. The molecule has 2 aromatic rings. The summed E-state index contributed by atoms with van der Waals surface area (Å²) in [7, 11) is 0. The first-order chi connectivity index (χ1) is 7.20. The first kappa shape index (κ1) is 9.47. The van der Waals surface area contributed by atoms with Crippen molar-refractivity contribution < 1.29 is 0 Å². The van der Waals surface area contributed by atoms with E-state index in [1.54, 1.807) is 6.20 Å². The van der Waals surface area contributed by atoms with E-state index >= 15 is 0 Å². The highest BCUT2D eigenvalue weighted by Gasteiger charge is 2.07. The number of aromatic nitrogens is 2. The molecule has 74 valence electrons. The first-order valence-corrected chi connectivity index (χ1v) is 4.73. The number of nitrogens with one attached hydrogen (secondary N) is 1. The Morgan fingerprint density at radius 3 is 2.73 bits per heavy atom. The molecule has 1 N–H and O–H groups in total. The summed E-state index contributed by atoms with van der Waals surface area (Å²) in [5, 5.41) is 9.02. The molecule has 0 bridgehead atoms. The normalized spacial score (nSPS) is 9.93. The third-order valence-corrected chi connectivity index (χ3v) is 2.25. The zero-order chi connectivity index (χ0) is 10.8. The molecule has 2 rings (SSSR count). The molecule has 0 radical (unpaired) electrons. The SMILES string of the molecule is Cc1ccc(-c2ncc(C)[nH]2)c(C#N)c1. The van der Waals surface area contributed by atoms with Crippen LogP contribution in [0.5, 0.6) is 0 Å². The van der Waals surface area contributed by atoms with Crippen LogP contribution in [0.3, 0.4) is 0 Å². The minimum Gasteiger partial charge on any atom is -0.342 e. The van der Waals surface area contributed by atoms with Crippen LogP contribution in [0.15, 0.2) is 24.4 Å². The molecule has 1 aromatic heterocycles. The van der Waals surface area contributed by atoms with Crippen LogP contribution in [0.25, 0.3) is 11.4 Å². The summed E-state index contributed by atoms with van der Waals surface area (Å²) in [5.41, 5.74) is 3.59. The number of hydrogen-bond donors (Lipinski definition) is 1. The van der Waals surface area contributed by atoms with Gasteiger partial charge in [0.2, 0.25) is 0 Å². The van der Waals surface area contributed by atoms with Crippen LogP contribution >= 0.6 is 0 Å². The second kappa shape index (κ2) is 3.58. The third kappa shape index (κ3) is 1.75. The molecule has 0 aliphatic carbocycles. The molecule has 0 amide bonds. The Morgan fingerprint density at radius 1 is 1.33 bits per heavy atom. The smallest absolute Gasteiger partial charge is 0.138 e. The van der Waals surface area contributed by atoms with E-state index in [0.717, 1.165) is 22.6 Å².